The Bertz CT molecular complexity index is 503. The third-order valence-electron chi connectivity index (χ3n) is 2.66. The highest BCUT2D eigenvalue weighted by molar-refractivity contribution is 6.38. The van der Waals surface area contributed by atoms with E-state index in [1.807, 2.05) is 24.3 Å². The molecule has 15 heavy (non-hydrogen) atoms. The number of benzene rings is 2. The number of hydrogen-bond acceptors (Lipinski definition) is 1. The molecular formula is C13H14ClN. The zero-order valence-corrected chi connectivity index (χ0v) is 9.68. The minimum atomic E-state index is 0.453. The number of nitrogens with two attached hydrogens (primary N) is 1. The van der Waals surface area contributed by atoms with Gasteiger partial charge in [0.05, 0.1) is 10.7 Å². The molecule has 2 aromatic rings. The Kier molecular flexibility index (Phi) is 2.57. The van der Waals surface area contributed by atoms with Crippen molar-refractivity contribution in [1.82, 2.24) is 0 Å². The zero-order valence-electron chi connectivity index (χ0n) is 8.92. The number of hydrogen-bond donors (Lipinski definition) is 1. The fourth-order valence-electron chi connectivity index (χ4n) is 1.87. The lowest BCUT2D eigenvalue weighted by Gasteiger charge is -2.13. The SMILES string of the molecule is CC(C)c1cc(N)c(Cl)c2ccccc12. The average molecular weight is 220 g/mol. The fraction of sp³-hybridized carbons (Fsp3) is 0.231. The number of fused-ring (bicyclic) bond motifs is 1. The molecule has 2 heteroatoms. The molecule has 0 radical (unpaired) electrons. The molecule has 0 heterocycles. The molecule has 0 aliphatic rings. The van der Waals surface area contributed by atoms with Crippen LogP contribution in [-0.2, 0) is 0 Å². The van der Waals surface area contributed by atoms with Gasteiger partial charge < -0.3 is 5.73 Å². The van der Waals surface area contributed by atoms with Crippen LogP contribution in [0.25, 0.3) is 10.8 Å². The van der Waals surface area contributed by atoms with Crippen LogP contribution in [0.5, 0.6) is 0 Å². The number of halogens is 1. The number of nitrogen functional groups attached to an aromatic ring is 1. The van der Waals surface area contributed by atoms with E-state index in [1.165, 1.54) is 10.9 Å². The molecule has 78 valence electrons. The van der Waals surface area contributed by atoms with Crippen molar-refractivity contribution in [3.05, 3.63) is 40.9 Å². The molecule has 0 spiro atoms. The minimum absolute atomic E-state index is 0.453. The first kappa shape index (κ1) is 10.3. The number of anilines is 1. The highest BCUT2D eigenvalue weighted by Gasteiger charge is 2.10. The second-order valence-electron chi connectivity index (χ2n) is 4.07. The standard InChI is InChI=1S/C13H14ClN/c1-8(2)11-7-12(15)13(14)10-6-4-3-5-9(10)11/h3-8H,15H2,1-2H3. The molecule has 2 N–H and O–H groups in total. The second-order valence-corrected chi connectivity index (χ2v) is 4.45. The van der Waals surface area contributed by atoms with Crippen LogP contribution in [-0.4, -0.2) is 0 Å². The summed E-state index contributed by atoms with van der Waals surface area (Å²) >= 11 is 6.18. The number of rotatable bonds is 1. The predicted octanol–water partition coefficient (Wildman–Crippen LogP) is 4.20. The Balaban J connectivity index is 2.88. The maximum atomic E-state index is 6.18. The van der Waals surface area contributed by atoms with Gasteiger partial charge in [-0.15, -0.1) is 0 Å². The third-order valence-corrected chi connectivity index (χ3v) is 3.08. The Morgan fingerprint density at radius 1 is 1.13 bits per heavy atom. The van der Waals surface area contributed by atoms with Crippen molar-refractivity contribution in [3.8, 4) is 0 Å². The maximum absolute atomic E-state index is 6.18. The molecule has 0 fully saturated rings. The molecule has 0 saturated carbocycles. The van der Waals surface area contributed by atoms with Crippen molar-refractivity contribution < 1.29 is 0 Å². The summed E-state index contributed by atoms with van der Waals surface area (Å²) < 4.78 is 0. The third kappa shape index (κ3) is 1.68. The first-order valence-corrected chi connectivity index (χ1v) is 5.45. The smallest absolute Gasteiger partial charge is 0.0713 e. The predicted molar refractivity (Wildman–Crippen MR) is 67.5 cm³/mol. The van der Waals surface area contributed by atoms with Crippen LogP contribution in [0.3, 0.4) is 0 Å². The first-order chi connectivity index (χ1) is 7.11. The van der Waals surface area contributed by atoms with Gasteiger partial charge in [0.1, 0.15) is 0 Å². The molecule has 2 aromatic carbocycles. The average Bonchev–Trinajstić information content (AvgIpc) is 2.23. The molecule has 0 bridgehead atoms. The summed E-state index contributed by atoms with van der Waals surface area (Å²) in [5, 5.41) is 2.91. The molecular weight excluding hydrogens is 206 g/mol. The lowest BCUT2D eigenvalue weighted by molar-refractivity contribution is 0.877. The summed E-state index contributed by atoms with van der Waals surface area (Å²) in [6.45, 7) is 4.32. The lowest BCUT2D eigenvalue weighted by Crippen LogP contribution is -1.95. The summed E-state index contributed by atoms with van der Waals surface area (Å²) in [5.41, 5.74) is 7.82. The molecule has 2 rings (SSSR count). The molecule has 0 aliphatic heterocycles. The molecule has 0 saturated heterocycles. The molecule has 0 atom stereocenters. The van der Waals surface area contributed by atoms with Crippen LogP contribution < -0.4 is 5.73 Å². The summed E-state index contributed by atoms with van der Waals surface area (Å²) in [4.78, 5) is 0. The van der Waals surface area contributed by atoms with Crippen molar-refractivity contribution in [2.24, 2.45) is 0 Å². The van der Waals surface area contributed by atoms with E-state index in [0.29, 0.717) is 16.6 Å². The maximum Gasteiger partial charge on any atom is 0.0713 e. The Morgan fingerprint density at radius 3 is 2.33 bits per heavy atom. The van der Waals surface area contributed by atoms with Gasteiger partial charge in [-0.2, -0.15) is 0 Å². The minimum Gasteiger partial charge on any atom is -0.397 e. The molecule has 1 nitrogen and oxygen atoms in total. The van der Waals surface area contributed by atoms with E-state index >= 15 is 0 Å². The Hall–Kier alpha value is -1.21. The summed E-state index contributed by atoms with van der Waals surface area (Å²) in [7, 11) is 0. The first-order valence-electron chi connectivity index (χ1n) is 5.08. The van der Waals surface area contributed by atoms with Gasteiger partial charge >= 0.3 is 0 Å². The lowest BCUT2D eigenvalue weighted by atomic mass is 9.95. The van der Waals surface area contributed by atoms with E-state index in [4.69, 9.17) is 17.3 Å². The monoisotopic (exact) mass is 219 g/mol. The van der Waals surface area contributed by atoms with Crippen molar-refractivity contribution in [2.75, 3.05) is 5.73 Å². The van der Waals surface area contributed by atoms with Gasteiger partial charge in [0.2, 0.25) is 0 Å². The van der Waals surface area contributed by atoms with Gasteiger partial charge in [-0.1, -0.05) is 49.7 Å². The zero-order chi connectivity index (χ0) is 11.0. The summed E-state index contributed by atoms with van der Waals surface area (Å²) in [6, 6.07) is 10.1. The van der Waals surface area contributed by atoms with Crippen molar-refractivity contribution in [1.29, 1.82) is 0 Å². The quantitative estimate of drug-likeness (QED) is 0.715. The molecule has 0 aromatic heterocycles. The van der Waals surface area contributed by atoms with E-state index in [-0.39, 0.29) is 0 Å². The normalized spacial score (nSPS) is 11.2. The van der Waals surface area contributed by atoms with E-state index in [1.54, 1.807) is 0 Å². The van der Waals surface area contributed by atoms with E-state index in [9.17, 15) is 0 Å². The van der Waals surface area contributed by atoms with Gasteiger partial charge in [0.25, 0.3) is 0 Å². The Morgan fingerprint density at radius 2 is 1.73 bits per heavy atom. The van der Waals surface area contributed by atoms with Gasteiger partial charge in [-0.05, 0) is 22.9 Å². The van der Waals surface area contributed by atoms with E-state index in [0.717, 1.165) is 5.39 Å². The van der Waals surface area contributed by atoms with E-state index in [2.05, 4.69) is 19.9 Å². The molecule has 0 unspecified atom stereocenters. The van der Waals surface area contributed by atoms with Crippen LogP contribution in [0.4, 0.5) is 5.69 Å². The van der Waals surface area contributed by atoms with Crippen molar-refractivity contribution in [3.63, 3.8) is 0 Å². The van der Waals surface area contributed by atoms with Gasteiger partial charge in [0, 0.05) is 5.39 Å². The van der Waals surface area contributed by atoms with Crippen LogP contribution >= 0.6 is 11.6 Å². The van der Waals surface area contributed by atoms with E-state index < -0.39 is 0 Å². The van der Waals surface area contributed by atoms with Crippen molar-refractivity contribution in [2.45, 2.75) is 19.8 Å². The summed E-state index contributed by atoms with van der Waals surface area (Å²) in [6.07, 6.45) is 0. The largest absolute Gasteiger partial charge is 0.397 e. The van der Waals surface area contributed by atoms with Crippen LogP contribution in [0.15, 0.2) is 30.3 Å². The van der Waals surface area contributed by atoms with Crippen molar-refractivity contribution >= 4 is 28.1 Å². The summed E-state index contributed by atoms with van der Waals surface area (Å²) in [5.74, 6) is 0.453. The Labute approximate surface area is 94.9 Å². The van der Waals surface area contributed by atoms with Crippen LogP contribution in [0.2, 0.25) is 5.02 Å². The fourth-order valence-corrected chi connectivity index (χ4v) is 2.09. The second kappa shape index (κ2) is 3.74. The molecule has 0 amide bonds. The van der Waals surface area contributed by atoms with Gasteiger partial charge in [-0.25, -0.2) is 0 Å². The molecule has 0 aliphatic carbocycles. The van der Waals surface area contributed by atoms with Gasteiger partial charge in [0.15, 0.2) is 0 Å². The topological polar surface area (TPSA) is 26.0 Å². The van der Waals surface area contributed by atoms with Crippen LogP contribution in [0.1, 0.15) is 25.3 Å². The highest BCUT2D eigenvalue weighted by Crippen LogP contribution is 2.34. The highest BCUT2D eigenvalue weighted by atomic mass is 35.5. The van der Waals surface area contributed by atoms with Gasteiger partial charge in [-0.3, -0.25) is 0 Å². The van der Waals surface area contributed by atoms with Crippen LogP contribution in [0, 0.1) is 0 Å².